The van der Waals surface area contributed by atoms with Gasteiger partial charge in [0.25, 0.3) is 5.91 Å². The molecule has 7 nitrogen and oxygen atoms in total. The maximum Gasteiger partial charge on any atom is 0.395 e. The van der Waals surface area contributed by atoms with Crippen LogP contribution in [0.15, 0.2) is 78.9 Å². The van der Waals surface area contributed by atoms with Crippen molar-refractivity contribution in [1.29, 1.82) is 0 Å². The first-order valence-corrected chi connectivity index (χ1v) is 14.7. The number of rotatable bonds is 19. The van der Waals surface area contributed by atoms with E-state index < -0.39 is 5.97 Å². The summed E-state index contributed by atoms with van der Waals surface area (Å²) >= 11 is 0. The van der Waals surface area contributed by atoms with Crippen LogP contribution >= 0.6 is 0 Å². The van der Waals surface area contributed by atoms with Gasteiger partial charge in [-0.25, -0.2) is 9.86 Å². The first-order valence-electron chi connectivity index (χ1n) is 14.7. The maximum absolute atomic E-state index is 12.6. The van der Waals surface area contributed by atoms with Crippen LogP contribution in [0.4, 0.5) is 5.69 Å². The zero-order valence-corrected chi connectivity index (χ0v) is 24.1. The highest BCUT2D eigenvalue weighted by Crippen LogP contribution is 2.27. The second-order valence-corrected chi connectivity index (χ2v) is 10.1. The number of carbonyl (C=O) groups excluding carboxylic acids is 3. The SMILES string of the molecule is CCCCCCCCCCCCNC(=O)c1ccc(CN(OC(=O)C=O)c2cccc(Oc3ccccc3)c2)cc1. The van der Waals surface area contributed by atoms with E-state index in [0.717, 1.165) is 18.4 Å². The lowest BCUT2D eigenvalue weighted by Gasteiger charge is -2.23. The minimum absolute atomic E-state index is 0.109. The van der Waals surface area contributed by atoms with Gasteiger partial charge in [0.2, 0.25) is 6.29 Å². The molecule has 41 heavy (non-hydrogen) atoms. The fraction of sp³-hybridized carbons (Fsp3) is 0.382. The molecule has 7 heteroatoms. The van der Waals surface area contributed by atoms with Crippen LogP contribution in [0.1, 0.15) is 87.1 Å². The molecule has 1 amide bonds. The molecule has 218 valence electrons. The summed E-state index contributed by atoms with van der Waals surface area (Å²) in [4.78, 5) is 40.7. The Hall–Kier alpha value is -4.13. The molecular formula is C34H42N2O5. The molecule has 0 saturated carbocycles. The fourth-order valence-electron chi connectivity index (χ4n) is 4.48. The zero-order valence-electron chi connectivity index (χ0n) is 24.1. The zero-order chi connectivity index (χ0) is 29.1. The van der Waals surface area contributed by atoms with Gasteiger partial charge in [0.1, 0.15) is 11.5 Å². The van der Waals surface area contributed by atoms with Crippen LogP contribution in [0.3, 0.4) is 0 Å². The van der Waals surface area contributed by atoms with E-state index in [1.165, 1.54) is 56.4 Å². The standard InChI is InChI=1S/C34H42N2O5/c1-2-3-4-5-6-7-8-9-10-14-24-35-34(39)29-22-20-28(21-23-29)26-36(41-33(38)27-37)30-16-15-19-32(25-30)40-31-17-12-11-13-18-31/h11-13,15-23,25,27H,2-10,14,24,26H2,1H3,(H,35,39). The highest BCUT2D eigenvalue weighted by molar-refractivity contribution is 6.20. The first-order chi connectivity index (χ1) is 20.1. The van der Waals surface area contributed by atoms with Crippen molar-refractivity contribution < 1.29 is 24.0 Å². The average Bonchev–Trinajstić information content (AvgIpc) is 3.00. The van der Waals surface area contributed by atoms with Gasteiger partial charge in [-0.2, -0.15) is 0 Å². The molecule has 0 fully saturated rings. The van der Waals surface area contributed by atoms with Gasteiger partial charge >= 0.3 is 5.97 Å². The van der Waals surface area contributed by atoms with Crippen molar-refractivity contribution in [2.24, 2.45) is 0 Å². The highest BCUT2D eigenvalue weighted by Gasteiger charge is 2.15. The summed E-state index contributed by atoms with van der Waals surface area (Å²) in [5.74, 6) is 0.100. The Morgan fingerprint density at radius 3 is 2.05 bits per heavy atom. The summed E-state index contributed by atoms with van der Waals surface area (Å²) < 4.78 is 5.89. The molecular weight excluding hydrogens is 516 g/mol. The molecule has 0 radical (unpaired) electrons. The summed E-state index contributed by atoms with van der Waals surface area (Å²) in [6.07, 6.45) is 12.7. The number of hydrogen-bond donors (Lipinski definition) is 1. The predicted octanol–water partition coefficient (Wildman–Crippen LogP) is 7.79. The summed E-state index contributed by atoms with van der Waals surface area (Å²) in [6.45, 7) is 3.08. The number of benzene rings is 3. The number of aldehydes is 1. The monoisotopic (exact) mass is 558 g/mol. The minimum atomic E-state index is -1.01. The molecule has 0 aliphatic heterocycles. The Labute approximate surface area is 243 Å². The van der Waals surface area contributed by atoms with Crippen molar-refractivity contribution >= 4 is 23.9 Å². The van der Waals surface area contributed by atoms with E-state index in [1.54, 1.807) is 36.4 Å². The van der Waals surface area contributed by atoms with Crippen LogP contribution < -0.4 is 15.1 Å². The Morgan fingerprint density at radius 1 is 0.756 bits per heavy atom. The van der Waals surface area contributed by atoms with Crippen LogP contribution in [-0.2, 0) is 21.0 Å². The molecule has 3 rings (SSSR count). The third kappa shape index (κ3) is 11.9. The van der Waals surface area contributed by atoms with E-state index in [-0.39, 0.29) is 18.7 Å². The molecule has 0 unspecified atom stereocenters. The lowest BCUT2D eigenvalue weighted by atomic mass is 10.1. The minimum Gasteiger partial charge on any atom is -0.457 e. The number of amides is 1. The van der Waals surface area contributed by atoms with E-state index in [1.807, 2.05) is 42.5 Å². The van der Waals surface area contributed by atoms with E-state index in [9.17, 15) is 14.4 Å². The number of hydroxylamine groups is 1. The quantitative estimate of drug-likeness (QED) is 0.0699. The average molecular weight is 559 g/mol. The van der Waals surface area contributed by atoms with Crippen molar-refractivity contribution in [2.75, 3.05) is 11.6 Å². The second kappa shape index (κ2) is 18.3. The molecule has 3 aromatic rings. The van der Waals surface area contributed by atoms with Crippen molar-refractivity contribution in [3.8, 4) is 11.5 Å². The lowest BCUT2D eigenvalue weighted by Crippen LogP contribution is -2.27. The van der Waals surface area contributed by atoms with Crippen molar-refractivity contribution in [3.05, 3.63) is 90.0 Å². The summed E-state index contributed by atoms with van der Waals surface area (Å²) in [7, 11) is 0. The van der Waals surface area contributed by atoms with Crippen molar-refractivity contribution in [1.82, 2.24) is 5.32 Å². The Kier molecular flexibility index (Phi) is 14.0. The molecule has 1 N–H and O–H groups in total. The van der Waals surface area contributed by atoms with Gasteiger partial charge in [-0.15, -0.1) is 0 Å². The Morgan fingerprint density at radius 2 is 1.39 bits per heavy atom. The normalized spacial score (nSPS) is 10.6. The molecule has 0 aromatic heterocycles. The number of carbonyl (C=O) groups is 3. The van der Waals surface area contributed by atoms with Gasteiger partial charge in [-0.05, 0) is 48.4 Å². The third-order valence-corrected chi connectivity index (χ3v) is 6.74. The van der Waals surface area contributed by atoms with Gasteiger partial charge in [-0.3, -0.25) is 9.59 Å². The molecule has 0 heterocycles. The topological polar surface area (TPSA) is 84.9 Å². The summed E-state index contributed by atoms with van der Waals surface area (Å²) in [5.41, 5.74) is 1.90. The van der Waals surface area contributed by atoms with Gasteiger partial charge < -0.3 is 14.9 Å². The van der Waals surface area contributed by atoms with Crippen LogP contribution in [0, 0.1) is 0 Å². The fourth-order valence-corrected chi connectivity index (χ4v) is 4.48. The molecule has 0 saturated heterocycles. The van der Waals surface area contributed by atoms with Crippen LogP contribution in [0.2, 0.25) is 0 Å². The van der Waals surface area contributed by atoms with Crippen LogP contribution in [0.5, 0.6) is 11.5 Å². The first kappa shape index (κ1) is 31.4. The molecule has 0 aliphatic rings. The molecule has 0 atom stereocenters. The van der Waals surface area contributed by atoms with E-state index in [2.05, 4.69) is 12.2 Å². The molecule has 0 bridgehead atoms. The highest BCUT2D eigenvalue weighted by atomic mass is 16.7. The second-order valence-electron chi connectivity index (χ2n) is 10.1. The summed E-state index contributed by atoms with van der Waals surface area (Å²) in [6, 6.07) is 23.5. The predicted molar refractivity (Wildman–Crippen MR) is 162 cm³/mol. The van der Waals surface area contributed by atoms with Crippen molar-refractivity contribution in [2.45, 2.75) is 77.7 Å². The van der Waals surface area contributed by atoms with E-state index in [0.29, 0.717) is 29.3 Å². The Balaban J connectivity index is 1.48. The number of unbranched alkanes of at least 4 members (excludes halogenated alkanes) is 9. The van der Waals surface area contributed by atoms with Gasteiger partial charge in [0.05, 0.1) is 12.2 Å². The molecule has 0 aliphatic carbocycles. The van der Waals surface area contributed by atoms with Gasteiger partial charge in [0.15, 0.2) is 0 Å². The van der Waals surface area contributed by atoms with Crippen LogP contribution in [-0.4, -0.2) is 24.7 Å². The molecule has 0 spiro atoms. The number of anilines is 1. The third-order valence-electron chi connectivity index (χ3n) is 6.74. The van der Waals surface area contributed by atoms with E-state index in [4.69, 9.17) is 9.57 Å². The smallest absolute Gasteiger partial charge is 0.395 e. The number of ether oxygens (including phenoxy) is 1. The van der Waals surface area contributed by atoms with Crippen molar-refractivity contribution in [3.63, 3.8) is 0 Å². The number of nitrogens with zero attached hydrogens (tertiary/aromatic N) is 1. The number of hydrogen-bond acceptors (Lipinski definition) is 6. The largest absolute Gasteiger partial charge is 0.457 e. The van der Waals surface area contributed by atoms with Crippen LogP contribution in [0.25, 0.3) is 0 Å². The molecule has 3 aromatic carbocycles. The van der Waals surface area contributed by atoms with Gasteiger partial charge in [-0.1, -0.05) is 101 Å². The van der Waals surface area contributed by atoms with E-state index >= 15 is 0 Å². The lowest BCUT2D eigenvalue weighted by molar-refractivity contribution is -0.150. The summed E-state index contributed by atoms with van der Waals surface area (Å²) in [5, 5.41) is 4.33. The maximum atomic E-state index is 12.6. The Bertz CT molecular complexity index is 1200. The number of para-hydroxylation sites is 1. The number of nitrogens with one attached hydrogen (secondary N) is 1. The van der Waals surface area contributed by atoms with Gasteiger partial charge in [0, 0.05) is 18.2 Å².